The molecular weight excluding hydrogens is 319 g/mol. The molecule has 0 saturated carbocycles. The number of carbonyl (C=O) groups is 1. The lowest BCUT2D eigenvalue weighted by Gasteiger charge is -2.34. The van der Waals surface area contributed by atoms with Crippen LogP contribution < -0.4 is 0 Å². The van der Waals surface area contributed by atoms with E-state index in [4.69, 9.17) is 4.74 Å². The van der Waals surface area contributed by atoms with E-state index in [0.717, 1.165) is 35.7 Å². The van der Waals surface area contributed by atoms with Crippen LogP contribution in [0.15, 0.2) is 30.3 Å². The zero-order chi connectivity index (χ0) is 18.1. The Kier molecular flexibility index (Phi) is 5.06. The molecule has 1 aromatic heterocycles. The Morgan fingerprint density at radius 1 is 1.16 bits per heavy atom. The molecule has 3 rings (SSSR count). The van der Waals surface area contributed by atoms with Crippen molar-refractivity contribution >= 4 is 5.78 Å². The molecule has 4 nitrogen and oxygen atoms in total. The Morgan fingerprint density at radius 3 is 2.36 bits per heavy atom. The highest BCUT2D eigenvalue weighted by Crippen LogP contribution is 2.22. The van der Waals surface area contributed by atoms with Crippen LogP contribution in [0.2, 0.25) is 0 Å². The fraction of sp³-hybridized carbons (Fsp3) is 0.450. The number of halogens is 1. The molecule has 0 spiro atoms. The number of carbonyl (C=O) groups excluding carboxylic acids is 1. The summed E-state index contributed by atoms with van der Waals surface area (Å²) in [5.41, 5.74) is 3.46. The number of morpholine rings is 1. The molecule has 0 aliphatic carbocycles. The SMILES string of the molecule is Cc1cc(C(=O)CN2C[C@@H](C)O[C@H](C)C2)c(C)n1-c1ccc(F)cc1. The van der Waals surface area contributed by atoms with Crippen molar-refractivity contribution in [2.75, 3.05) is 19.6 Å². The van der Waals surface area contributed by atoms with Gasteiger partial charge in [0.2, 0.25) is 0 Å². The lowest BCUT2D eigenvalue weighted by Crippen LogP contribution is -2.47. The smallest absolute Gasteiger partial charge is 0.178 e. The summed E-state index contributed by atoms with van der Waals surface area (Å²) in [7, 11) is 0. The van der Waals surface area contributed by atoms with Crippen LogP contribution in [0.1, 0.15) is 35.6 Å². The number of benzene rings is 1. The fourth-order valence-electron chi connectivity index (χ4n) is 3.73. The second kappa shape index (κ2) is 7.10. The highest BCUT2D eigenvalue weighted by Gasteiger charge is 2.25. The number of rotatable bonds is 4. The Bertz CT molecular complexity index is 757. The maximum atomic E-state index is 13.2. The zero-order valence-electron chi connectivity index (χ0n) is 15.3. The quantitative estimate of drug-likeness (QED) is 0.796. The number of hydrogen-bond acceptors (Lipinski definition) is 3. The maximum absolute atomic E-state index is 13.2. The van der Waals surface area contributed by atoms with E-state index in [9.17, 15) is 9.18 Å². The van der Waals surface area contributed by atoms with E-state index in [1.807, 2.05) is 38.3 Å². The van der Waals surface area contributed by atoms with E-state index < -0.39 is 0 Å². The van der Waals surface area contributed by atoms with Gasteiger partial charge in [0.25, 0.3) is 0 Å². The second-order valence-electron chi connectivity index (χ2n) is 6.97. The van der Waals surface area contributed by atoms with Crippen LogP contribution in [0.5, 0.6) is 0 Å². The number of hydrogen-bond donors (Lipinski definition) is 0. The predicted molar refractivity (Wildman–Crippen MR) is 96.0 cm³/mol. The summed E-state index contributed by atoms with van der Waals surface area (Å²) in [6.07, 6.45) is 0.284. The molecule has 1 aliphatic heterocycles. The van der Waals surface area contributed by atoms with E-state index in [1.165, 1.54) is 12.1 Å². The molecule has 134 valence electrons. The van der Waals surface area contributed by atoms with E-state index in [2.05, 4.69) is 4.90 Å². The van der Waals surface area contributed by atoms with Crippen LogP contribution in [0.4, 0.5) is 4.39 Å². The maximum Gasteiger partial charge on any atom is 0.178 e. The predicted octanol–water partition coefficient (Wildman–Crippen LogP) is 3.53. The summed E-state index contributed by atoms with van der Waals surface area (Å²) < 4.78 is 20.9. The first-order chi connectivity index (χ1) is 11.8. The molecule has 0 amide bonds. The molecule has 1 aromatic carbocycles. The van der Waals surface area contributed by atoms with E-state index >= 15 is 0 Å². The van der Waals surface area contributed by atoms with Gasteiger partial charge in [-0.25, -0.2) is 4.39 Å². The van der Waals surface area contributed by atoms with Gasteiger partial charge < -0.3 is 9.30 Å². The van der Waals surface area contributed by atoms with Gasteiger partial charge in [-0.1, -0.05) is 0 Å². The number of Topliss-reactive ketones (excluding diaryl/α,β-unsaturated/α-hetero) is 1. The summed E-state index contributed by atoms with van der Waals surface area (Å²) in [5, 5.41) is 0. The molecule has 0 N–H and O–H groups in total. The van der Waals surface area contributed by atoms with Crippen molar-refractivity contribution in [1.82, 2.24) is 9.47 Å². The molecule has 0 radical (unpaired) electrons. The first-order valence-electron chi connectivity index (χ1n) is 8.71. The van der Waals surface area contributed by atoms with Crippen LogP contribution in [0.3, 0.4) is 0 Å². The van der Waals surface area contributed by atoms with Crippen molar-refractivity contribution in [1.29, 1.82) is 0 Å². The monoisotopic (exact) mass is 344 g/mol. The number of aryl methyl sites for hydroxylation is 1. The first-order valence-corrected chi connectivity index (χ1v) is 8.71. The van der Waals surface area contributed by atoms with Gasteiger partial charge in [-0.15, -0.1) is 0 Å². The number of ketones is 1. The minimum absolute atomic E-state index is 0.114. The Labute approximate surface area is 148 Å². The van der Waals surface area contributed by atoms with Gasteiger partial charge >= 0.3 is 0 Å². The topological polar surface area (TPSA) is 34.5 Å². The summed E-state index contributed by atoms with van der Waals surface area (Å²) in [6.45, 7) is 9.91. The standard InChI is InChI=1S/C20H25FN2O2/c1-13-9-19(16(4)23(13)18-7-5-17(21)6-8-18)20(24)12-22-10-14(2)25-15(3)11-22/h5-9,14-15H,10-12H2,1-4H3/t14-,15-/m1/s1. The second-order valence-corrected chi connectivity index (χ2v) is 6.97. The van der Waals surface area contributed by atoms with E-state index in [0.29, 0.717) is 6.54 Å². The molecule has 25 heavy (non-hydrogen) atoms. The third-order valence-electron chi connectivity index (χ3n) is 4.68. The Hall–Kier alpha value is -1.98. The zero-order valence-corrected chi connectivity index (χ0v) is 15.3. The molecule has 2 aromatic rings. The lowest BCUT2D eigenvalue weighted by molar-refractivity contribution is -0.0652. The molecule has 0 bridgehead atoms. The molecule has 2 heterocycles. The van der Waals surface area contributed by atoms with Crippen molar-refractivity contribution in [2.45, 2.75) is 39.9 Å². The third kappa shape index (κ3) is 3.83. The van der Waals surface area contributed by atoms with E-state index in [-0.39, 0.29) is 23.8 Å². The fourth-order valence-corrected chi connectivity index (χ4v) is 3.73. The van der Waals surface area contributed by atoms with Crippen molar-refractivity contribution in [3.8, 4) is 5.69 Å². The van der Waals surface area contributed by atoms with Crippen LogP contribution in [-0.2, 0) is 4.74 Å². The van der Waals surface area contributed by atoms with Gasteiger partial charge in [0, 0.05) is 35.7 Å². The molecule has 1 fully saturated rings. The highest BCUT2D eigenvalue weighted by molar-refractivity contribution is 5.99. The summed E-state index contributed by atoms with van der Waals surface area (Å²) in [5.74, 6) is -0.152. The number of aromatic nitrogens is 1. The lowest BCUT2D eigenvalue weighted by atomic mass is 10.1. The Morgan fingerprint density at radius 2 is 1.76 bits per heavy atom. The molecule has 1 saturated heterocycles. The van der Waals surface area contributed by atoms with E-state index in [1.54, 1.807) is 12.1 Å². The van der Waals surface area contributed by atoms with Gasteiger partial charge in [-0.3, -0.25) is 9.69 Å². The summed E-state index contributed by atoms with van der Waals surface area (Å²) in [6, 6.07) is 8.26. The molecular formula is C20H25FN2O2. The molecule has 2 atom stereocenters. The largest absolute Gasteiger partial charge is 0.373 e. The normalized spacial score (nSPS) is 21.5. The summed E-state index contributed by atoms with van der Waals surface area (Å²) in [4.78, 5) is 15.0. The van der Waals surface area contributed by atoms with Gasteiger partial charge in [-0.2, -0.15) is 0 Å². The van der Waals surface area contributed by atoms with Crippen molar-refractivity contribution < 1.29 is 13.9 Å². The third-order valence-corrected chi connectivity index (χ3v) is 4.68. The number of nitrogens with zero attached hydrogens (tertiary/aromatic N) is 2. The van der Waals surface area contributed by atoms with Gasteiger partial charge in [-0.05, 0) is 58.0 Å². The minimum atomic E-state index is -0.266. The van der Waals surface area contributed by atoms with Crippen LogP contribution in [0, 0.1) is 19.7 Å². The first kappa shape index (κ1) is 17.8. The van der Waals surface area contributed by atoms with Gasteiger partial charge in [0.1, 0.15) is 5.82 Å². The average molecular weight is 344 g/mol. The molecule has 0 unspecified atom stereocenters. The van der Waals surface area contributed by atoms with Crippen LogP contribution >= 0.6 is 0 Å². The number of ether oxygens (including phenoxy) is 1. The summed E-state index contributed by atoms with van der Waals surface area (Å²) >= 11 is 0. The molecule has 1 aliphatic rings. The van der Waals surface area contributed by atoms with Crippen molar-refractivity contribution in [3.05, 3.63) is 53.1 Å². The van der Waals surface area contributed by atoms with Crippen molar-refractivity contribution in [2.24, 2.45) is 0 Å². The van der Waals surface area contributed by atoms with Crippen LogP contribution in [0.25, 0.3) is 5.69 Å². The van der Waals surface area contributed by atoms with Crippen molar-refractivity contribution in [3.63, 3.8) is 0 Å². The van der Waals surface area contributed by atoms with Crippen LogP contribution in [-0.4, -0.2) is 47.1 Å². The Balaban J connectivity index is 1.82. The average Bonchev–Trinajstić information content (AvgIpc) is 2.82. The van der Waals surface area contributed by atoms with Gasteiger partial charge in [0.15, 0.2) is 5.78 Å². The molecule has 5 heteroatoms. The minimum Gasteiger partial charge on any atom is -0.373 e. The van der Waals surface area contributed by atoms with Gasteiger partial charge in [0.05, 0.1) is 18.8 Å². The highest BCUT2D eigenvalue weighted by atomic mass is 19.1.